The predicted octanol–water partition coefficient (Wildman–Crippen LogP) is 2.62. The molecule has 0 spiro atoms. The minimum Gasteiger partial charge on any atom is -0.347 e. The van der Waals surface area contributed by atoms with Crippen LogP contribution in [0, 0.1) is 6.92 Å². The first-order valence-electron chi connectivity index (χ1n) is 6.19. The number of benzene rings is 1. The fourth-order valence-electron chi connectivity index (χ4n) is 2.28. The number of likely N-dealkylation sites (N-methyl/N-ethyl adjacent to an activating group) is 1. The van der Waals surface area contributed by atoms with Crippen LogP contribution < -0.4 is 0 Å². The van der Waals surface area contributed by atoms with Gasteiger partial charge in [-0.05, 0) is 34.0 Å². The van der Waals surface area contributed by atoms with Crippen LogP contribution in [0.15, 0.2) is 24.3 Å². The topological polar surface area (TPSA) is 25.2 Å². The van der Waals surface area contributed by atoms with Gasteiger partial charge in [0.2, 0.25) is 0 Å². The number of fused-ring (bicyclic) bond motifs is 1. The first kappa shape index (κ1) is 12.8. The molecule has 0 saturated heterocycles. The summed E-state index contributed by atoms with van der Waals surface area (Å²) in [4.78, 5) is 14.5. The van der Waals surface area contributed by atoms with Gasteiger partial charge in [0.1, 0.15) is 0 Å². The van der Waals surface area contributed by atoms with Gasteiger partial charge in [-0.25, -0.2) is 0 Å². The van der Waals surface area contributed by atoms with Gasteiger partial charge in [-0.2, -0.15) is 0 Å². The molecule has 2 rings (SSSR count). The molecular formula is C15H20N2O. The fourth-order valence-corrected chi connectivity index (χ4v) is 2.28. The Labute approximate surface area is 108 Å². The maximum atomic E-state index is 12.6. The molecule has 1 atom stereocenters. The summed E-state index contributed by atoms with van der Waals surface area (Å²) in [6, 6.07) is 7.97. The molecule has 1 aromatic carbocycles. The summed E-state index contributed by atoms with van der Waals surface area (Å²) in [5.41, 5.74) is 3.01. The maximum Gasteiger partial charge on any atom is 0.182 e. The Bertz CT molecular complexity index is 596. The molecule has 96 valence electrons. The zero-order chi connectivity index (χ0) is 13.4. The van der Waals surface area contributed by atoms with Crippen molar-refractivity contribution in [3.8, 4) is 0 Å². The number of Topliss-reactive ketones (excluding diaryl/α,β-unsaturated/α-hetero) is 1. The van der Waals surface area contributed by atoms with Gasteiger partial charge in [0, 0.05) is 29.2 Å². The highest BCUT2D eigenvalue weighted by molar-refractivity contribution is 6.11. The van der Waals surface area contributed by atoms with Crippen molar-refractivity contribution in [2.24, 2.45) is 7.05 Å². The third-order valence-corrected chi connectivity index (χ3v) is 3.80. The lowest BCUT2D eigenvalue weighted by molar-refractivity contribution is 0.0891. The van der Waals surface area contributed by atoms with Crippen LogP contribution in [0.4, 0.5) is 0 Å². The number of para-hydroxylation sites is 1. The Kier molecular flexibility index (Phi) is 3.26. The van der Waals surface area contributed by atoms with Gasteiger partial charge in [0.15, 0.2) is 5.78 Å². The summed E-state index contributed by atoms with van der Waals surface area (Å²) in [6.07, 6.45) is 0. The van der Waals surface area contributed by atoms with Crippen LogP contribution in [0.1, 0.15) is 23.0 Å². The molecule has 3 heteroatoms. The van der Waals surface area contributed by atoms with E-state index in [0.717, 1.165) is 22.2 Å². The summed E-state index contributed by atoms with van der Waals surface area (Å²) in [5, 5.41) is 1.05. The molecule has 3 nitrogen and oxygen atoms in total. The Morgan fingerprint density at radius 1 is 1.28 bits per heavy atom. The van der Waals surface area contributed by atoms with Crippen molar-refractivity contribution in [1.82, 2.24) is 9.47 Å². The van der Waals surface area contributed by atoms with E-state index in [1.54, 1.807) is 0 Å². The van der Waals surface area contributed by atoms with Crippen molar-refractivity contribution < 1.29 is 4.79 Å². The Morgan fingerprint density at radius 2 is 1.89 bits per heavy atom. The van der Waals surface area contributed by atoms with E-state index in [4.69, 9.17) is 0 Å². The lowest BCUT2D eigenvalue weighted by Gasteiger charge is -2.18. The number of aryl methyl sites for hydroxylation is 1. The van der Waals surface area contributed by atoms with Crippen LogP contribution in [0.25, 0.3) is 10.9 Å². The summed E-state index contributed by atoms with van der Waals surface area (Å²) in [5.74, 6) is 0.189. The van der Waals surface area contributed by atoms with Crippen molar-refractivity contribution >= 4 is 16.7 Å². The molecule has 0 aliphatic rings. The zero-order valence-corrected chi connectivity index (χ0v) is 11.7. The van der Waals surface area contributed by atoms with Crippen LogP contribution in [0.3, 0.4) is 0 Å². The Morgan fingerprint density at radius 3 is 2.50 bits per heavy atom. The normalized spacial score (nSPS) is 13.2. The van der Waals surface area contributed by atoms with Crippen molar-refractivity contribution in [2.45, 2.75) is 19.9 Å². The van der Waals surface area contributed by atoms with Gasteiger partial charge in [0.05, 0.1) is 6.04 Å². The molecule has 0 aliphatic heterocycles. The second-order valence-electron chi connectivity index (χ2n) is 5.04. The Balaban J connectivity index is 2.64. The molecule has 0 bridgehead atoms. The summed E-state index contributed by atoms with van der Waals surface area (Å²) < 4.78 is 2.09. The lowest BCUT2D eigenvalue weighted by atomic mass is 10.0. The molecule has 2 aromatic rings. The van der Waals surface area contributed by atoms with Crippen molar-refractivity contribution in [3.05, 3.63) is 35.5 Å². The van der Waals surface area contributed by atoms with E-state index in [-0.39, 0.29) is 11.8 Å². The van der Waals surface area contributed by atoms with Gasteiger partial charge in [-0.15, -0.1) is 0 Å². The minimum absolute atomic E-state index is 0.102. The average Bonchev–Trinajstić information content (AvgIpc) is 2.61. The van der Waals surface area contributed by atoms with Gasteiger partial charge >= 0.3 is 0 Å². The third kappa shape index (κ3) is 1.85. The van der Waals surface area contributed by atoms with E-state index in [0.29, 0.717) is 0 Å². The molecule has 0 aliphatic carbocycles. The standard InChI is InChI=1S/C15H20N2O/c1-10-14(15(18)11(2)16(3)4)12-8-6-7-9-13(12)17(10)5/h6-9,11H,1-5H3. The molecule has 1 heterocycles. The molecule has 1 unspecified atom stereocenters. The van der Waals surface area contributed by atoms with E-state index >= 15 is 0 Å². The molecule has 0 amide bonds. The number of carbonyl (C=O) groups is 1. The fraction of sp³-hybridized carbons (Fsp3) is 0.400. The second kappa shape index (κ2) is 4.58. The van der Waals surface area contributed by atoms with Gasteiger partial charge in [0.25, 0.3) is 0 Å². The number of hydrogen-bond acceptors (Lipinski definition) is 2. The molecule has 1 aromatic heterocycles. The van der Waals surface area contributed by atoms with Crippen molar-refractivity contribution in [3.63, 3.8) is 0 Å². The quantitative estimate of drug-likeness (QED) is 0.775. The van der Waals surface area contributed by atoms with E-state index in [9.17, 15) is 4.79 Å². The van der Waals surface area contributed by atoms with Crippen LogP contribution in [0.2, 0.25) is 0 Å². The largest absolute Gasteiger partial charge is 0.347 e. The number of rotatable bonds is 3. The van der Waals surface area contributed by atoms with Crippen LogP contribution in [-0.4, -0.2) is 35.4 Å². The molecule has 0 fully saturated rings. The molecule has 0 radical (unpaired) electrons. The van der Waals surface area contributed by atoms with Gasteiger partial charge < -0.3 is 4.57 Å². The highest BCUT2D eigenvalue weighted by Gasteiger charge is 2.23. The highest BCUT2D eigenvalue weighted by atomic mass is 16.1. The average molecular weight is 244 g/mol. The predicted molar refractivity (Wildman–Crippen MR) is 75.1 cm³/mol. The van der Waals surface area contributed by atoms with E-state index in [1.165, 1.54) is 0 Å². The van der Waals surface area contributed by atoms with Crippen LogP contribution >= 0.6 is 0 Å². The number of aromatic nitrogens is 1. The second-order valence-corrected chi connectivity index (χ2v) is 5.04. The molecule has 0 N–H and O–H groups in total. The molecule has 18 heavy (non-hydrogen) atoms. The minimum atomic E-state index is -0.102. The number of hydrogen-bond donors (Lipinski definition) is 0. The lowest BCUT2D eigenvalue weighted by Crippen LogP contribution is -2.33. The summed E-state index contributed by atoms with van der Waals surface area (Å²) >= 11 is 0. The van der Waals surface area contributed by atoms with Crippen molar-refractivity contribution in [1.29, 1.82) is 0 Å². The van der Waals surface area contributed by atoms with E-state index in [1.807, 2.05) is 58.1 Å². The highest BCUT2D eigenvalue weighted by Crippen LogP contribution is 2.26. The van der Waals surface area contributed by atoms with Crippen molar-refractivity contribution in [2.75, 3.05) is 14.1 Å². The van der Waals surface area contributed by atoms with Gasteiger partial charge in [-0.3, -0.25) is 9.69 Å². The SMILES string of the molecule is Cc1c(C(=O)C(C)N(C)C)c2ccccc2n1C. The summed E-state index contributed by atoms with van der Waals surface area (Å²) in [7, 11) is 5.88. The van der Waals surface area contributed by atoms with Crippen LogP contribution in [-0.2, 0) is 7.05 Å². The van der Waals surface area contributed by atoms with Crippen LogP contribution in [0.5, 0.6) is 0 Å². The smallest absolute Gasteiger partial charge is 0.182 e. The molecular weight excluding hydrogens is 224 g/mol. The summed E-state index contributed by atoms with van der Waals surface area (Å²) in [6.45, 7) is 3.96. The van der Waals surface area contributed by atoms with Gasteiger partial charge in [-0.1, -0.05) is 18.2 Å². The van der Waals surface area contributed by atoms with E-state index in [2.05, 4.69) is 10.6 Å². The molecule has 0 saturated carbocycles. The first-order chi connectivity index (χ1) is 8.45. The van der Waals surface area contributed by atoms with E-state index < -0.39 is 0 Å². The number of nitrogens with zero attached hydrogens (tertiary/aromatic N) is 2. The zero-order valence-electron chi connectivity index (χ0n) is 11.7. The number of ketones is 1. The maximum absolute atomic E-state index is 12.6. The Hall–Kier alpha value is -1.61. The first-order valence-corrected chi connectivity index (χ1v) is 6.19. The monoisotopic (exact) mass is 244 g/mol. The number of carbonyl (C=O) groups excluding carboxylic acids is 1. The third-order valence-electron chi connectivity index (χ3n) is 3.80.